The molecule has 2 aromatic heterocycles. The van der Waals surface area contributed by atoms with E-state index in [1.54, 1.807) is 17.4 Å². The van der Waals surface area contributed by atoms with Crippen LogP contribution in [0.3, 0.4) is 0 Å². The summed E-state index contributed by atoms with van der Waals surface area (Å²) in [5.41, 5.74) is 22.8. The molecule has 0 atom stereocenters. The zero-order valence-electron chi connectivity index (χ0n) is 50.0. The van der Waals surface area contributed by atoms with Crippen molar-refractivity contribution in [2.75, 3.05) is 0 Å². The quantitative estimate of drug-likeness (QED) is 0.149. The molecule has 2 heterocycles. The molecule has 16 aromatic rings. The smallest absolute Gasteiger partial charge is 0.423 e. The molecular formula is C86H58BBrO2S2. The third kappa shape index (κ3) is 9.60. The molecule has 2 aliphatic carbocycles. The van der Waals surface area contributed by atoms with Gasteiger partial charge in [-0.05, 0) is 142 Å². The van der Waals surface area contributed by atoms with Gasteiger partial charge in [-0.25, -0.2) is 0 Å². The third-order valence-electron chi connectivity index (χ3n) is 18.7. The molecule has 0 unspecified atom stereocenters. The number of halogens is 1. The molecule has 0 amide bonds. The molecule has 92 heavy (non-hydrogen) atoms. The van der Waals surface area contributed by atoms with Crippen molar-refractivity contribution in [2.24, 2.45) is 0 Å². The standard InChI is InChI=1S/C43H28S.C25H17Br.C18H13BO2S/c1-2-16-32(17-3-1)43(39-24-7-4-19-35(39)36-20-5-8-25-40(36)43)33-18-11-14-30(28-33)29-13-10-15-31(27-29)34-22-12-23-38-37-21-6-9-26-41(37)44-42(34)38;26-20-12-8-11-19(17-20)25(18-9-2-1-3-10-18)23-15-6-4-13-21(23)22-14-5-7-16-24(22)25;20-19(21)13-6-3-5-12(11-13)14-8-4-9-16-15-7-1-2-10-17(15)22-18(14)16/h1-28H;1-17H;1-11,20-21H. The maximum Gasteiger partial charge on any atom is 0.488 e. The van der Waals surface area contributed by atoms with E-state index in [-0.39, 0.29) is 5.41 Å². The Morgan fingerprint density at radius 2 is 0.598 bits per heavy atom. The van der Waals surface area contributed by atoms with Crippen molar-refractivity contribution in [3.63, 3.8) is 0 Å². The van der Waals surface area contributed by atoms with Crippen LogP contribution in [0, 0.1) is 0 Å². The van der Waals surface area contributed by atoms with Crippen molar-refractivity contribution in [3.05, 3.63) is 389 Å². The Labute approximate surface area is 552 Å². The monoisotopic (exact) mass is 1280 g/mol. The average molecular weight is 1280 g/mol. The van der Waals surface area contributed by atoms with Gasteiger partial charge in [0.05, 0.1) is 10.8 Å². The molecule has 2 nitrogen and oxygen atoms in total. The van der Waals surface area contributed by atoms with Gasteiger partial charge in [0.15, 0.2) is 0 Å². The molecule has 6 heteroatoms. The first-order valence-electron chi connectivity index (χ1n) is 31.1. The zero-order valence-corrected chi connectivity index (χ0v) is 53.2. The molecule has 18 rings (SSSR count). The normalized spacial score (nSPS) is 12.9. The first-order valence-corrected chi connectivity index (χ1v) is 33.5. The first kappa shape index (κ1) is 57.2. The molecule has 0 saturated heterocycles. The van der Waals surface area contributed by atoms with Gasteiger partial charge in [0.25, 0.3) is 0 Å². The molecule has 14 aromatic carbocycles. The maximum absolute atomic E-state index is 9.38. The van der Waals surface area contributed by atoms with Gasteiger partial charge in [0, 0.05) is 44.8 Å². The lowest BCUT2D eigenvalue weighted by Crippen LogP contribution is -2.29. The summed E-state index contributed by atoms with van der Waals surface area (Å²) in [6.45, 7) is 0. The maximum atomic E-state index is 9.38. The number of thiophene rings is 2. The van der Waals surface area contributed by atoms with Crippen LogP contribution >= 0.6 is 38.6 Å². The van der Waals surface area contributed by atoms with Crippen LogP contribution in [0.5, 0.6) is 0 Å². The van der Waals surface area contributed by atoms with E-state index in [4.69, 9.17) is 0 Å². The molecule has 0 radical (unpaired) electrons. The van der Waals surface area contributed by atoms with Crippen LogP contribution in [0.2, 0.25) is 0 Å². The minimum atomic E-state index is -1.44. The summed E-state index contributed by atoms with van der Waals surface area (Å²) >= 11 is 7.35. The molecular weight excluding hydrogens is 1220 g/mol. The summed E-state index contributed by atoms with van der Waals surface area (Å²) in [6.07, 6.45) is 0. The second-order valence-electron chi connectivity index (χ2n) is 23.6. The fourth-order valence-corrected chi connectivity index (χ4v) is 17.6. The number of hydrogen-bond acceptors (Lipinski definition) is 4. The van der Waals surface area contributed by atoms with E-state index in [1.807, 2.05) is 29.5 Å². The second kappa shape index (κ2) is 24.0. The summed E-state index contributed by atoms with van der Waals surface area (Å²) in [4.78, 5) is 0. The summed E-state index contributed by atoms with van der Waals surface area (Å²) in [6, 6.07) is 122. The van der Waals surface area contributed by atoms with E-state index >= 15 is 0 Å². The Balaban J connectivity index is 0.000000119. The van der Waals surface area contributed by atoms with Crippen molar-refractivity contribution >= 4 is 91.5 Å². The van der Waals surface area contributed by atoms with Crippen LogP contribution in [-0.2, 0) is 10.8 Å². The molecule has 0 spiro atoms. The van der Waals surface area contributed by atoms with Crippen LogP contribution in [0.15, 0.2) is 344 Å². The molecule has 0 aliphatic heterocycles. The fraction of sp³-hybridized carbons (Fsp3) is 0.0233. The van der Waals surface area contributed by atoms with Gasteiger partial charge in [-0.15, -0.1) is 22.7 Å². The largest absolute Gasteiger partial charge is 0.488 e. The number of hydrogen-bond donors (Lipinski definition) is 2. The van der Waals surface area contributed by atoms with Crippen molar-refractivity contribution in [1.29, 1.82) is 0 Å². The third-order valence-corrected chi connectivity index (χ3v) is 21.6. The van der Waals surface area contributed by atoms with Crippen LogP contribution in [0.1, 0.15) is 44.5 Å². The molecule has 2 aliphatic rings. The molecule has 2 N–H and O–H groups in total. The van der Waals surface area contributed by atoms with Gasteiger partial charge in [0.1, 0.15) is 0 Å². The van der Waals surface area contributed by atoms with E-state index in [0.29, 0.717) is 5.46 Å². The Hall–Kier alpha value is -10.0. The molecule has 0 fully saturated rings. The summed E-state index contributed by atoms with van der Waals surface area (Å²) in [7, 11) is -1.44. The highest BCUT2D eigenvalue weighted by molar-refractivity contribution is 9.10. The number of rotatable bonds is 8. The highest BCUT2D eigenvalue weighted by Crippen LogP contribution is 2.58. The van der Waals surface area contributed by atoms with Crippen LogP contribution in [0.4, 0.5) is 0 Å². The minimum absolute atomic E-state index is 0.293. The zero-order chi connectivity index (χ0) is 61.8. The molecule has 0 saturated carbocycles. The predicted octanol–water partition coefficient (Wildman–Crippen LogP) is 22.0. The Kier molecular flexibility index (Phi) is 14.9. The van der Waals surface area contributed by atoms with E-state index in [9.17, 15) is 10.0 Å². The molecule has 0 bridgehead atoms. The fourth-order valence-electron chi connectivity index (χ4n) is 14.8. The Morgan fingerprint density at radius 1 is 0.261 bits per heavy atom. The lowest BCUT2D eigenvalue weighted by atomic mass is 9.67. The summed E-state index contributed by atoms with van der Waals surface area (Å²) in [5, 5.41) is 23.9. The van der Waals surface area contributed by atoms with Crippen LogP contribution in [0.25, 0.3) is 96.0 Å². The van der Waals surface area contributed by atoms with Crippen molar-refractivity contribution in [1.82, 2.24) is 0 Å². The number of benzene rings is 14. The highest BCUT2D eigenvalue weighted by atomic mass is 79.9. The molecule has 436 valence electrons. The van der Waals surface area contributed by atoms with E-state index in [2.05, 4.69) is 331 Å². The van der Waals surface area contributed by atoms with E-state index in [1.165, 1.54) is 129 Å². The van der Waals surface area contributed by atoms with Crippen molar-refractivity contribution in [2.45, 2.75) is 10.8 Å². The first-order chi connectivity index (χ1) is 45.4. The summed E-state index contributed by atoms with van der Waals surface area (Å²) < 4.78 is 6.28. The highest BCUT2D eigenvalue weighted by Gasteiger charge is 2.47. The summed E-state index contributed by atoms with van der Waals surface area (Å²) in [5.74, 6) is 0. The predicted molar refractivity (Wildman–Crippen MR) is 394 cm³/mol. The SMILES string of the molecule is Brc1cccc(C2(c3ccccc3)c3ccccc3-c3ccccc32)c1.OB(O)c1cccc(-c2cccc3c2sc2ccccc23)c1.c1ccc(C2(c3cccc(-c4cccc(-c5cccc6c5sc5ccccc56)c4)c3)c3ccccc3-c3ccccc32)cc1. The van der Waals surface area contributed by atoms with Crippen molar-refractivity contribution in [3.8, 4) is 55.6 Å². The lowest BCUT2D eigenvalue weighted by molar-refractivity contribution is 0.426. The van der Waals surface area contributed by atoms with Crippen LogP contribution < -0.4 is 5.46 Å². The van der Waals surface area contributed by atoms with E-state index < -0.39 is 12.5 Å². The van der Waals surface area contributed by atoms with Gasteiger partial charge in [-0.2, -0.15) is 0 Å². The van der Waals surface area contributed by atoms with Gasteiger partial charge < -0.3 is 10.0 Å². The van der Waals surface area contributed by atoms with Gasteiger partial charge >= 0.3 is 7.12 Å². The van der Waals surface area contributed by atoms with Crippen LogP contribution in [-0.4, -0.2) is 17.2 Å². The average Bonchev–Trinajstić information content (AvgIpc) is 1.53. The van der Waals surface area contributed by atoms with Gasteiger partial charge in [-0.1, -0.05) is 319 Å². The van der Waals surface area contributed by atoms with Crippen molar-refractivity contribution < 1.29 is 10.0 Å². The topological polar surface area (TPSA) is 40.5 Å². The van der Waals surface area contributed by atoms with E-state index in [0.717, 1.165) is 15.6 Å². The number of fused-ring (bicyclic) bond motifs is 12. The Bertz CT molecular complexity index is 5350. The lowest BCUT2D eigenvalue weighted by Gasteiger charge is -2.34. The van der Waals surface area contributed by atoms with Gasteiger partial charge in [0.2, 0.25) is 0 Å². The second-order valence-corrected chi connectivity index (χ2v) is 26.7. The van der Waals surface area contributed by atoms with Gasteiger partial charge in [-0.3, -0.25) is 0 Å². The minimum Gasteiger partial charge on any atom is -0.423 e. The Morgan fingerprint density at radius 3 is 1.08 bits per heavy atom.